The van der Waals surface area contributed by atoms with Crippen LogP contribution < -0.4 is 4.43 Å². The van der Waals surface area contributed by atoms with Crippen molar-refractivity contribution >= 4 is 14.4 Å². The first-order valence-electron chi connectivity index (χ1n) is 9.07. The van der Waals surface area contributed by atoms with E-state index in [1.165, 1.54) is 10.5 Å². The molecule has 0 spiro atoms. The summed E-state index contributed by atoms with van der Waals surface area (Å²) in [7, 11) is -1.79. The van der Waals surface area contributed by atoms with Crippen LogP contribution in [0.5, 0.6) is 5.75 Å². The fraction of sp³-hybridized carbons (Fsp3) is 0.632. The third-order valence-corrected chi connectivity index (χ3v) is 9.82. The molecule has 0 saturated carbocycles. The minimum Gasteiger partial charge on any atom is -0.544 e. The molecule has 6 heteroatoms. The molecule has 1 saturated heterocycles. The Kier molecular flexibility index (Phi) is 6.16. The van der Waals surface area contributed by atoms with Gasteiger partial charge in [-0.25, -0.2) is 4.79 Å². The zero-order valence-corrected chi connectivity index (χ0v) is 17.2. The summed E-state index contributed by atoms with van der Waals surface area (Å²) >= 11 is 0. The Balaban J connectivity index is 1.82. The minimum absolute atomic E-state index is 0.198. The van der Waals surface area contributed by atoms with E-state index in [-0.39, 0.29) is 5.04 Å². The number of piperazine rings is 1. The summed E-state index contributed by atoms with van der Waals surface area (Å²) in [5, 5.41) is 9.19. The highest BCUT2D eigenvalue weighted by Crippen LogP contribution is 2.37. The quantitative estimate of drug-likeness (QED) is 0.805. The largest absolute Gasteiger partial charge is 0.544 e. The third kappa shape index (κ3) is 5.47. The third-order valence-electron chi connectivity index (χ3n) is 5.46. The highest BCUT2D eigenvalue weighted by molar-refractivity contribution is 6.74. The fourth-order valence-electron chi connectivity index (χ4n) is 2.62. The molecule has 0 aromatic heterocycles. The highest BCUT2D eigenvalue weighted by atomic mass is 28.4. The van der Waals surface area contributed by atoms with Gasteiger partial charge in [0.1, 0.15) is 5.75 Å². The standard InChI is InChI=1S/C19H32N2O3Si/c1-19(2,3)25(4,5)24-17-8-6-16(7-9-17)10-11-20-12-14-21(15-13-20)18(22)23/h6-9H,10-15H2,1-5H3,(H,22,23). The lowest BCUT2D eigenvalue weighted by molar-refractivity contribution is 0.106. The Morgan fingerprint density at radius 2 is 1.68 bits per heavy atom. The summed E-state index contributed by atoms with van der Waals surface area (Å²) in [4.78, 5) is 14.8. The Bertz CT molecular complexity index is 573. The van der Waals surface area contributed by atoms with Gasteiger partial charge in [0.05, 0.1) is 0 Å². The molecule has 1 heterocycles. The van der Waals surface area contributed by atoms with Gasteiger partial charge in [-0.05, 0) is 42.2 Å². The molecule has 1 aliphatic rings. The molecule has 5 nitrogen and oxygen atoms in total. The average molecular weight is 365 g/mol. The molecule has 1 aliphatic heterocycles. The van der Waals surface area contributed by atoms with Crippen molar-refractivity contribution in [2.24, 2.45) is 0 Å². The van der Waals surface area contributed by atoms with Crippen LogP contribution in [0.3, 0.4) is 0 Å². The summed E-state index contributed by atoms with van der Waals surface area (Å²) in [5.74, 6) is 0.963. The molecular formula is C19H32N2O3Si. The van der Waals surface area contributed by atoms with E-state index in [1.54, 1.807) is 0 Å². The van der Waals surface area contributed by atoms with Gasteiger partial charge >= 0.3 is 6.09 Å². The van der Waals surface area contributed by atoms with Gasteiger partial charge in [-0.15, -0.1) is 0 Å². The van der Waals surface area contributed by atoms with E-state index in [1.807, 2.05) is 0 Å². The summed E-state index contributed by atoms with van der Waals surface area (Å²) in [6.07, 6.45) is 0.171. The van der Waals surface area contributed by atoms with Crippen molar-refractivity contribution in [3.63, 3.8) is 0 Å². The molecule has 0 unspecified atom stereocenters. The van der Waals surface area contributed by atoms with E-state index in [9.17, 15) is 4.79 Å². The maximum atomic E-state index is 10.9. The molecule has 1 fully saturated rings. The highest BCUT2D eigenvalue weighted by Gasteiger charge is 2.38. The van der Waals surface area contributed by atoms with Crippen molar-refractivity contribution in [3.8, 4) is 5.75 Å². The summed E-state index contributed by atoms with van der Waals surface area (Å²) < 4.78 is 6.32. The van der Waals surface area contributed by atoms with Crippen molar-refractivity contribution in [2.45, 2.75) is 45.3 Å². The van der Waals surface area contributed by atoms with E-state index in [0.717, 1.165) is 31.8 Å². The number of benzene rings is 1. The van der Waals surface area contributed by atoms with Gasteiger partial charge in [0.15, 0.2) is 0 Å². The lowest BCUT2D eigenvalue weighted by Gasteiger charge is -2.36. The van der Waals surface area contributed by atoms with Gasteiger partial charge in [-0.2, -0.15) is 0 Å². The van der Waals surface area contributed by atoms with Crippen molar-refractivity contribution in [1.29, 1.82) is 0 Å². The van der Waals surface area contributed by atoms with E-state index >= 15 is 0 Å². The molecule has 1 aromatic carbocycles. The molecule has 1 aromatic rings. The van der Waals surface area contributed by atoms with Gasteiger partial charge in [0.2, 0.25) is 8.32 Å². The van der Waals surface area contributed by atoms with Crippen LogP contribution in [0.15, 0.2) is 24.3 Å². The van der Waals surface area contributed by atoms with Crippen molar-refractivity contribution in [1.82, 2.24) is 9.80 Å². The van der Waals surface area contributed by atoms with E-state index in [2.05, 4.69) is 63.0 Å². The Morgan fingerprint density at radius 1 is 1.12 bits per heavy atom. The van der Waals surface area contributed by atoms with Gasteiger partial charge in [-0.1, -0.05) is 32.9 Å². The zero-order valence-electron chi connectivity index (χ0n) is 16.2. The van der Waals surface area contributed by atoms with Gasteiger partial charge in [-0.3, -0.25) is 4.90 Å². The molecule has 0 aliphatic carbocycles. The van der Waals surface area contributed by atoms with Gasteiger partial charge in [0, 0.05) is 32.7 Å². The van der Waals surface area contributed by atoms with Crippen molar-refractivity contribution < 1.29 is 14.3 Å². The molecule has 0 bridgehead atoms. The first-order valence-corrected chi connectivity index (χ1v) is 12.0. The maximum Gasteiger partial charge on any atom is 0.407 e. The second kappa shape index (κ2) is 7.79. The number of nitrogens with zero attached hydrogens (tertiary/aromatic N) is 2. The van der Waals surface area contributed by atoms with E-state index in [4.69, 9.17) is 9.53 Å². The Labute approximate surface area is 152 Å². The summed E-state index contributed by atoms with van der Waals surface area (Å²) in [5.41, 5.74) is 1.29. The number of hydrogen-bond acceptors (Lipinski definition) is 3. The second-order valence-corrected chi connectivity index (χ2v) is 13.1. The van der Waals surface area contributed by atoms with Crippen molar-refractivity contribution in [2.75, 3.05) is 32.7 Å². The van der Waals surface area contributed by atoms with Crippen LogP contribution in [0.4, 0.5) is 4.79 Å². The fourth-order valence-corrected chi connectivity index (χ4v) is 3.65. The molecule has 25 heavy (non-hydrogen) atoms. The van der Waals surface area contributed by atoms with Crippen LogP contribution in [0.1, 0.15) is 26.3 Å². The van der Waals surface area contributed by atoms with Gasteiger partial charge < -0.3 is 14.4 Å². The Morgan fingerprint density at radius 3 is 2.16 bits per heavy atom. The topological polar surface area (TPSA) is 53.0 Å². The molecule has 0 radical (unpaired) electrons. The maximum absolute atomic E-state index is 10.9. The SMILES string of the molecule is CC(C)(C)[Si](C)(C)Oc1ccc(CCN2CCN(C(=O)O)CC2)cc1. The summed E-state index contributed by atoms with van der Waals surface area (Å²) in [6, 6.07) is 8.46. The van der Waals surface area contributed by atoms with E-state index in [0.29, 0.717) is 13.1 Å². The summed E-state index contributed by atoms with van der Waals surface area (Å²) in [6.45, 7) is 15.1. The van der Waals surface area contributed by atoms with Crippen LogP contribution in [0.25, 0.3) is 0 Å². The van der Waals surface area contributed by atoms with E-state index < -0.39 is 14.4 Å². The molecular weight excluding hydrogens is 332 g/mol. The van der Waals surface area contributed by atoms with Crippen LogP contribution in [-0.4, -0.2) is 62.0 Å². The molecule has 0 atom stereocenters. The number of carboxylic acid groups (broad SMARTS) is 1. The molecule has 2 rings (SSSR count). The number of carbonyl (C=O) groups is 1. The molecule has 140 valence electrons. The smallest absolute Gasteiger partial charge is 0.407 e. The average Bonchev–Trinajstić information content (AvgIpc) is 2.53. The number of rotatable bonds is 5. The number of hydrogen-bond donors (Lipinski definition) is 1. The first-order chi connectivity index (χ1) is 11.6. The van der Waals surface area contributed by atoms with Crippen molar-refractivity contribution in [3.05, 3.63) is 29.8 Å². The second-order valence-electron chi connectivity index (χ2n) is 8.37. The number of amides is 1. The predicted molar refractivity (Wildman–Crippen MR) is 104 cm³/mol. The minimum atomic E-state index is -1.79. The molecule has 1 N–H and O–H groups in total. The molecule has 1 amide bonds. The normalized spacial score (nSPS) is 16.8. The first kappa shape index (κ1) is 19.8. The lowest BCUT2D eigenvalue weighted by atomic mass is 10.1. The van der Waals surface area contributed by atoms with Crippen LogP contribution in [0, 0.1) is 0 Å². The van der Waals surface area contributed by atoms with Crippen LogP contribution >= 0.6 is 0 Å². The predicted octanol–water partition coefficient (Wildman–Crippen LogP) is 3.91. The Hall–Kier alpha value is -1.53. The van der Waals surface area contributed by atoms with Crippen LogP contribution in [-0.2, 0) is 6.42 Å². The van der Waals surface area contributed by atoms with Gasteiger partial charge in [0.25, 0.3) is 0 Å². The monoisotopic (exact) mass is 364 g/mol. The van der Waals surface area contributed by atoms with Crippen LogP contribution in [0.2, 0.25) is 18.1 Å². The lowest BCUT2D eigenvalue weighted by Crippen LogP contribution is -2.48. The zero-order chi connectivity index (χ0) is 18.7.